The minimum Gasteiger partial charge on any atom is -0.493 e. The van der Waals surface area contributed by atoms with Crippen molar-refractivity contribution in [3.05, 3.63) is 53.6 Å². The van der Waals surface area contributed by atoms with E-state index in [0.717, 1.165) is 10.5 Å². The molecule has 1 aliphatic heterocycles. The maximum Gasteiger partial charge on any atom is 0.338 e. The Morgan fingerprint density at radius 3 is 2.42 bits per heavy atom. The van der Waals surface area contributed by atoms with Crippen LogP contribution in [-0.4, -0.2) is 51.2 Å². The van der Waals surface area contributed by atoms with Crippen molar-refractivity contribution in [3.63, 3.8) is 0 Å². The number of anilines is 1. The summed E-state index contributed by atoms with van der Waals surface area (Å²) in [7, 11) is 3.16. The lowest BCUT2D eigenvalue weighted by atomic mass is 10.1. The third-order valence-electron chi connectivity index (χ3n) is 5.04. The number of methoxy groups -OCH3 is 2. The van der Waals surface area contributed by atoms with E-state index in [1.54, 1.807) is 45.4 Å². The first-order valence-electron chi connectivity index (χ1n) is 10.1. The Bertz CT molecular complexity index is 957. The van der Waals surface area contributed by atoms with Gasteiger partial charge in [0, 0.05) is 0 Å². The zero-order valence-corrected chi connectivity index (χ0v) is 17.8. The van der Waals surface area contributed by atoms with E-state index in [-0.39, 0.29) is 24.8 Å². The molecular weight excluding hydrogens is 400 g/mol. The van der Waals surface area contributed by atoms with Gasteiger partial charge < -0.3 is 19.5 Å². The number of ether oxygens (including phenoxy) is 3. The SMILES string of the molecule is CCOC(=O)c1ccc(N2C(=O)CC(NCCc3ccc(OC)c(OC)c3)C2=O)cc1. The highest BCUT2D eigenvalue weighted by Gasteiger charge is 2.39. The van der Waals surface area contributed by atoms with E-state index in [1.165, 1.54) is 0 Å². The first-order chi connectivity index (χ1) is 15.0. The summed E-state index contributed by atoms with van der Waals surface area (Å²) in [5.41, 5.74) is 1.83. The molecule has 3 rings (SSSR count). The van der Waals surface area contributed by atoms with Crippen LogP contribution in [0.25, 0.3) is 0 Å². The van der Waals surface area contributed by atoms with Crippen molar-refractivity contribution in [1.82, 2.24) is 5.32 Å². The van der Waals surface area contributed by atoms with Crippen LogP contribution >= 0.6 is 0 Å². The molecule has 1 atom stereocenters. The third kappa shape index (κ3) is 5.03. The molecule has 1 fully saturated rings. The quantitative estimate of drug-likeness (QED) is 0.486. The molecule has 0 saturated carbocycles. The molecule has 2 amide bonds. The maximum atomic E-state index is 12.8. The summed E-state index contributed by atoms with van der Waals surface area (Å²) in [6.45, 7) is 2.53. The molecular formula is C23H26N2O6. The van der Waals surface area contributed by atoms with Crippen molar-refractivity contribution >= 4 is 23.5 Å². The Hall–Kier alpha value is -3.39. The summed E-state index contributed by atoms with van der Waals surface area (Å²) in [6.07, 6.45) is 0.747. The molecule has 0 radical (unpaired) electrons. The van der Waals surface area contributed by atoms with E-state index in [0.29, 0.717) is 35.7 Å². The van der Waals surface area contributed by atoms with Crippen LogP contribution in [0.15, 0.2) is 42.5 Å². The molecule has 2 aromatic carbocycles. The van der Waals surface area contributed by atoms with Gasteiger partial charge in [0.25, 0.3) is 5.91 Å². The number of esters is 1. The Morgan fingerprint density at radius 2 is 1.77 bits per heavy atom. The minimum atomic E-state index is -0.586. The van der Waals surface area contributed by atoms with Crippen molar-refractivity contribution in [2.45, 2.75) is 25.8 Å². The summed E-state index contributed by atoms with van der Waals surface area (Å²) in [4.78, 5) is 38.2. The van der Waals surface area contributed by atoms with Gasteiger partial charge in [0.1, 0.15) is 0 Å². The second kappa shape index (κ2) is 10.1. The van der Waals surface area contributed by atoms with Crippen molar-refractivity contribution in [1.29, 1.82) is 0 Å². The van der Waals surface area contributed by atoms with Gasteiger partial charge in [-0.05, 0) is 61.9 Å². The van der Waals surface area contributed by atoms with E-state index in [4.69, 9.17) is 14.2 Å². The molecule has 1 aliphatic rings. The molecule has 0 bridgehead atoms. The molecule has 1 heterocycles. The van der Waals surface area contributed by atoms with Crippen molar-refractivity contribution in [2.24, 2.45) is 0 Å². The second-order valence-electron chi connectivity index (χ2n) is 6.98. The van der Waals surface area contributed by atoms with E-state index in [9.17, 15) is 14.4 Å². The number of carbonyl (C=O) groups is 3. The van der Waals surface area contributed by atoms with Gasteiger partial charge in [-0.2, -0.15) is 0 Å². The lowest BCUT2D eigenvalue weighted by molar-refractivity contribution is -0.121. The Kier molecular flexibility index (Phi) is 7.25. The number of carbonyl (C=O) groups excluding carboxylic acids is 3. The van der Waals surface area contributed by atoms with Crippen molar-refractivity contribution < 1.29 is 28.6 Å². The topological polar surface area (TPSA) is 94.2 Å². The molecule has 164 valence electrons. The van der Waals surface area contributed by atoms with Crippen LogP contribution < -0.4 is 19.7 Å². The largest absolute Gasteiger partial charge is 0.493 e. The molecule has 0 aromatic heterocycles. The van der Waals surface area contributed by atoms with Gasteiger partial charge in [0.2, 0.25) is 5.91 Å². The number of hydrogen-bond donors (Lipinski definition) is 1. The van der Waals surface area contributed by atoms with Gasteiger partial charge >= 0.3 is 5.97 Å². The second-order valence-corrected chi connectivity index (χ2v) is 6.98. The Balaban J connectivity index is 1.59. The van der Waals surface area contributed by atoms with E-state index in [2.05, 4.69) is 5.32 Å². The number of imide groups is 1. The van der Waals surface area contributed by atoms with Crippen LogP contribution in [0.5, 0.6) is 11.5 Å². The first-order valence-corrected chi connectivity index (χ1v) is 10.1. The lowest BCUT2D eigenvalue weighted by Crippen LogP contribution is -2.39. The van der Waals surface area contributed by atoms with Gasteiger partial charge in [-0.15, -0.1) is 0 Å². The number of rotatable bonds is 9. The zero-order chi connectivity index (χ0) is 22.4. The predicted molar refractivity (Wildman–Crippen MR) is 115 cm³/mol. The minimum absolute atomic E-state index is 0.0877. The van der Waals surface area contributed by atoms with Gasteiger partial charge in [-0.1, -0.05) is 6.07 Å². The summed E-state index contributed by atoms with van der Waals surface area (Å²) in [5.74, 6) is 0.270. The first kappa shape index (κ1) is 22.3. The molecule has 2 aromatic rings. The highest BCUT2D eigenvalue weighted by Crippen LogP contribution is 2.28. The standard InChI is InChI=1S/C23H26N2O6/c1-4-31-23(28)16-6-8-17(9-7-16)25-21(26)14-18(22(25)27)24-12-11-15-5-10-19(29-2)20(13-15)30-3/h5-10,13,18,24H,4,11-12,14H2,1-3H3. The van der Waals surface area contributed by atoms with Crippen LogP contribution in [0, 0.1) is 0 Å². The number of nitrogens with zero attached hydrogens (tertiary/aromatic N) is 1. The van der Waals surface area contributed by atoms with Gasteiger partial charge in [-0.25, -0.2) is 9.69 Å². The highest BCUT2D eigenvalue weighted by atomic mass is 16.5. The third-order valence-corrected chi connectivity index (χ3v) is 5.04. The molecule has 8 nitrogen and oxygen atoms in total. The van der Waals surface area contributed by atoms with Gasteiger partial charge in [0.15, 0.2) is 11.5 Å². The predicted octanol–water partition coefficient (Wildman–Crippen LogP) is 2.34. The normalized spacial score (nSPS) is 15.8. The molecule has 8 heteroatoms. The van der Waals surface area contributed by atoms with Crippen LogP contribution in [0.2, 0.25) is 0 Å². The van der Waals surface area contributed by atoms with Crippen LogP contribution in [0.1, 0.15) is 29.3 Å². The fraction of sp³-hybridized carbons (Fsp3) is 0.348. The van der Waals surface area contributed by atoms with Crippen LogP contribution in [0.3, 0.4) is 0 Å². The summed E-state index contributed by atoms with van der Waals surface area (Å²) in [5, 5.41) is 3.16. The average molecular weight is 426 g/mol. The summed E-state index contributed by atoms with van der Waals surface area (Å²) >= 11 is 0. The molecule has 0 spiro atoms. The molecule has 31 heavy (non-hydrogen) atoms. The Labute approximate surface area is 181 Å². The van der Waals surface area contributed by atoms with E-state index < -0.39 is 12.0 Å². The number of hydrogen-bond acceptors (Lipinski definition) is 7. The highest BCUT2D eigenvalue weighted by molar-refractivity contribution is 6.22. The van der Waals surface area contributed by atoms with Crippen molar-refractivity contribution in [3.8, 4) is 11.5 Å². The van der Waals surface area contributed by atoms with Crippen LogP contribution in [-0.2, 0) is 20.7 Å². The van der Waals surface area contributed by atoms with E-state index >= 15 is 0 Å². The van der Waals surface area contributed by atoms with Gasteiger partial charge in [0.05, 0.1) is 44.5 Å². The molecule has 1 N–H and O–H groups in total. The molecule has 1 unspecified atom stereocenters. The number of benzene rings is 2. The van der Waals surface area contributed by atoms with Gasteiger partial charge in [-0.3, -0.25) is 9.59 Å². The monoisotopic (exact) mass is 426 g/mol. The molecule has 1 saturated heterocycles. The zero-order valence-electron chi connectivity index (χ0n) is 17.8. The summed E-state index contributed by atoms with van der Waals surface area (Å²) in [6, 6.07) is 11.3. The fourth-order valence-corrected chi connectivity index (χ4v) is 3.45. The lowest BCUT2D eigenvalue weighted by Gasteiger charge is -2.16. The summed E-state index contributed by atoms with van der Waals surface area (Å²) < 4.78 is 15.5. The fourth-order valence-electron chi connectivity index (χ4n) is 3.45. The smallest absolute Gasteiger partial charge is 0.338 e. The van der Waals surface area contributed by atoms with Crippen molar-refractivity contribution in [2.75, 3.05) is 32.3 Å². The average Bonchev–Trinajstić information content (AvgIpc) is 3.06. The van der Waals surface area contributed by atoms with E-state index in [1.807, 2.05) is 18.2 Å². The molecule has 0 aliphatic carbocycles. The van der Waals surface area contributed by atoms with Crippen LogP contribution in [0.4, 0.5) is 5.69 Å². The Morgan fingerprint density at radius 1 is 1.06 bits per heavy atom. The number of nitrogens with one attached hydrogen (secondary N) is 1. The number of amides is 2. The maximum absolute atomic E-state index is 12.8.